The zero-order valence-corrected chi connectivity index (χ0v) is 10.4. The molecule has 0 unspecified atom stereocenters. The van der Waals surface area contributed by atoms with Gasteiger partial charge in [-0.1, -0.05) is 6.07 Å². The third-order valence-corrected chi connectivity index (χ3v) is 3.46. The number of hydrogen-bond donors (Lipinski definition) is 1. The van der Waals surface area contributed by atoms with Gasteiger partial charge in [0.1, 0.15) is 5.65 Å². The van der Waals surface area contributed by atoms with Crippen LogP contribution in [0.25, 0.3) is 5.65 Å². The second-order valence-corrected chi connectivity index (χ2v) is 4.95. The average Bonchev–Trinajstić information content (AvgIpc) is 2.98. The molecule has 0 fully saturated rings. The van der Waals surface area contributed by atoms with Gasteiger partial charge in [0.05, 0.1) is 12.1 Å². The van der Waals surface area contributed by atoms with Crippen LogP contribution in [0.3, 0.4) is 0 Å². The van der Waals surface area contributed by atoms with Crippen molar-refractivity contribution in [3.63, 3.8) is 0 Å². The fraction of sp³-hybridized carbons (Fsp3) is 0.0769. The van der Waals surface area contributed by atoms with E-state index in [0.717, 1.165) is 16.2 Å². The summed E-state index contributed by atoms with van der Waals surface area (Å²) >= 11 is 1.59. The van der Waals surface area contributed by atoms with Gasteiger partial charge in [-0.3, -0.25) is 4.79 Å². The number of anilines is 1. The number of carbonyl (C=O) groups excluding carboxylic acids is 1. The summed E-state index contributed by atoms with van der Waals surface area (Å²) in [6.45, 7) is 0. The molecule has 0 radical (unpaired) electrons. The van der Waals surface area contributed by atoms with Crippen molar-refractivity contribution in [1.29, 1.82) is 0 Å². The predicted molar refractivity (Wildman–Crippen MR) is 71.8 cm³/mol. The van der Waals surface area contributed by atoms with Gasteiger partial charge < -0.3 is 9.72 Å². The van der Waals surface area contributed by atoms with Crippen molar-refractivity contribution in [2.75, 3.05) is 5.32 Å². The van der Waals surface area contributed by atoms with E-state index in [9.17, 15) is 4.79 Å². The number of imidazole rings is 1. The molecular weight excluding hydrogens is 246 g/mol. The molecule has 0 spiro atoms. The van der Waals surface area contributed by atoms with Crippen LogP contribution in [-0.2, 0) is 11.2 Å². The first-order valence-electron chi connectivity index (χ1n) is 5.56. The molecular formula is C13H11N3OS. The third-order valence-electron chi connectivity index (χ3n) is 2.59. The Kier molecular flexibility index (Phi) is 2.82. The number of hydrogen-bond acceptors (Lipinski definition) is 3. The maximum Gasteiger partial charge on any atom is 0.229 e. The van der Waals surface area contributed by atoms with Crippen molar-refractivity contribution < 1.29 is 4.79 Å². The predicted octanol–water partition coefficient (Wildman–Crippen LogP) is 2.58. The first kappa shape index (κ1) is 11.0. The molecule has 4 nitrogen and oxygen atoms in total. The number of thiophene rings is 1. The SMILES string of the molecule is O=C(Cc1cccs1)Nc1ccc2nccn2c1. The van der Waals surface area contributed by atoms with Crippen molar-refractivity contribution >= 4 is 28.6 Å². The Morgan fingerprint density at radius 1 is 1.39 bits per heavy atom. The standard InChI is InChI=1S/C13H11N3OS/c17-13(8-11-2-1-7-18-11)15-10-3-4-12-14-5-6-16(12)9-10/h1-7,9H,8H2,(H,15,17). The minimum atomic E-state index is -0.00286. The van der Waals surface area contributed by atoms with Gasteiger partial charge in [-0.15, -0.1) is 11.3 Å². The fourth-order valence-electron chi connectivity index (χ4n) is 1.77. The summed E-state index contributed by atoms with van der Waals surface area (Å²) in [5, 5.41) is 4.85. The summed E-state index contributed by atoms with van der Waals surface area (Å²) < 4.78 is 1.88. The van der Waals surface area contributed by atoms with Gasteiger partial charge in [-0.25, -0.2) is 4.98 Å². The van der Waals surface area contributed by atoms with Crippen LogP contribution in [0.1, 0.15) is 4.88 Å². The van der Waals surface area contributed by atoms with Crippen molar-refractivity contribution in [3.8, 4) is 0 Å². The number of nitrogens with zero attached hydrogens (tertiary/aromatic N) is 2. The molecule has 0 aromatic carbocycles. The highest BCUT2D eigenvalue weighted by molar-refractivity contribution is 7.10. The molecule has 0 saturated carbocycles. The van der Waals surface area contributed by atoms with E-state index >= 15 is 0 Å². The second-order valence-electron chi connectivity index (χ2n) is 3.91. The summed E-state index contributed by atoms with van der Waals surface area (Å²) in [5.74, 6) is -0.00286. The van der Waals surface area contributed by atoms with E-state index in [4.69, 9.17) is 0 Å². The number of aromatic nitrogens is 2. The molecule has 0 bridgehead atoms. The number of carbonyl (C=O) groups is 1. The highest BCUT2D eigenvalue weighted by Crippen LogP contribution is 2.12. The van der Waals surface area contributed by atoms with Gasteiger partial charge in [-0.2, -0.15) is 0 Å². The van der Waals surface area contributed by atoms with Crippen LogP contribution in [0, 0.1) is 0 Å². The number of pyridine rings is 1. The summed E-state index contributed by atoms with van der Waals surface area (Å²) in [4.78, 5) is 17.0. The topological polar surface area (TPSA) is 46.4 Å². The summed E-state index contributed by atoms with van der Waals surface area (Å²) in [6, 6.07) is 7.64. The average molecular weight is 257 g/mol. The lowest BCUT2D eigenvalue weighted by Gasteiger charge is -2.04. The molecule has 18 heavy (non-hydrogen) atoms. The molecule has 1 N–H and O–H groups in total. The molecule has 0 atom stereocenters. The Balaban J connectivity index is 1.73. The van der Waals surface area contributed by atoms with Gasteiger partial charge in [0, 0.05) is 23.5 Å². The van der Waals surface area contributed by atoms with Crippen molar-refractivity contribution in [1.82, 2.24) is 9.38 Å². The summed E-state index contributed by atoms with van der Waals surface area (Å²) in [5.41, 5.74) is 1.65. The molecule has 5 heteroatoms. The highest BCUT2D eigenvalue weighted by Gasteiger charge is 2.05. The van der Waals surface area contributed by atoms with Crippen molar-refractivity contribution in [3.05, 3.63) is 53.1 Å². The number of fused-ring (bicyclic) bond motifs is 1. The molecule has 0 aliphatic carbocycles. The number of amides is 1. The van der Waals surface area contributed by atoms with Crippen LogP contribution in [0.2, 0.25) is 0 Å². The van der Waals surface area contributed by atoms with Crippen LogP contribution >= 0.6 is 11.3 Å². The first-order valence-corrected chi connectivity index (χ1v) is 6.44. The Morgan fingerprint density at radius 2 is 2.33 bits per heavy atom. The molecule has 3 heterocycles. The van der Waals surface area contributed by atoms with Gasteiger partial charge in [0.2, 0.25) is 5.91 Å². The quantitative estimate of drug-likeness (QED) is 0.784. The molecule has 0 aliphatic rings. The van der Waals surface area contributed by atoms with E-state index < -0.39 is 0 Å². The van der Waals surface area contributed by atoms with Gasteiger partial charge in [-0.05, 0) is 23.6 Å². The largest absolute Gasteiger partial charge is 0.324 e. The molecule has 0 saturated heterocycles. The summed E-state index contributed by atoms with van der Waals surface area (Å²) in [6.07, 6.45) is 5.85. The Bertz CT molecular complexity index is 672. The van der Waals surface area contributed by atoms with Gasteiger partial charge in [0.15, 0.2) is 0 Å². The third kappa shape index (κ3) is 2.26. The molecule has 90 valence electrons. The van der Waals surface area contributed by atoms with Gasteiger partial charge >= 0.3 is 0 Å². The van der Waals surface area contributed by atoms with Gasteiger partial charge in [0.25, 0.3) is 0 Å². The lowest BCUT2D eigenvalue weighted by Crippen LogP contribution is -2.13. The maximum absolute atomic E-state index is 11.8. The van der Waals surface area contributed by atoms with Crippen LogP contribution in [0.4, 0.5) is 5.69 Å². The van der Waals surface area contributed by atoms with E-state index in [1.165, 1.54) is 0 Å². The van der Waals surface area contributed by atoms with Crippen molar-refractivity contribution in [2.45, 2.75) is 6.42 Å². The van der Waals surface area contributed by atoms with Crippen LogP contribution in [-0.4, -0.2) is 15.3 Å². The molecule has 0 aliphatic heterocycles. The molecule has 3 aromatic heterocycles. The van der Waals surface area contributed by atoms with E-state index in [1.54, 1.807) is 17.5 Å². The Labute approximate surface area is 108 Å². The zero-order valence-electron chi connectivity index (χ0n) is 9.54. The molecule has 3 rings (SSSR count). The minimum Gasteiger partial charge on any atom is -0.324 e. The monoisotopic (exact) mass is 257 g/mol. The normalized spacial score (nSPS) is 10.7. The van der Waals surface area contributed by atoms with Crippen LogP contribution < -0.4 is 5.32 Å². The lowest BCUT2D eigenvalue weighted by atomic mass is 10.3. The highest BCUT2D eigenvalue weighted by atomic mass is 32.1. The smallest absolute Gasteiger partial charge is 0.229 e. The van der Waals surface area contributed by atoms with E-state index in [2.05, 4.69) is 10.3 Å². The first-order chi connectivity index (χ1) is 8.81. The Morgan fingerprint density at radius 3 is 3.17 bits per heavy atom. The maximum atomic E-state index is 11.8. The summed E-state index contributed by atoms with van der Waals surface area (Å²) in [7, 11) is 0. The van der Waals surface area contributed by atoms with Crippen LogP contribution in [0.15, 0.2) is 48.2 Å². The zero-order chi connectivity index (χ0) is 12.4. The molecule has 1 amide bonds. The van der Waals surface area contributed by atoms with Crippen LogP contribution in [0.5, 0.6) is 0 Å². The number of nitrogens with one attached hydrogen (secondary N) is 1. The number of rotatable bonds is 3. The molecule has 3 aromatic rings. The Hall–Kier alpha value is -2.14. The minimum absolute atomic E-state index is 0.00286. The van der Waals surface area contributed by atoms with E-state index in [0.29, 0.717) is 6.42 Å². The second kappa shape index (κ2) is 4.62. The fourth-order valence-corrected chi connectivity index (χ4v) is 2.47. The van der Waals surface area contributed by atoms with E-state index in [1.807, 2.05) is 46.4 Å². The lowest BCUT2D eigenvalue weighted by molar-refractivity contribution is -0.115. The van der Waals surface area contributed by atoms with Crippen molar-refractivity contribution in [2.24, 2.45) is 0 Å². The van der Waals surface area contributed by atoms with E-state index in [-0.39, 0.29) is 5.91 Å².